The number of nitrogens with zero attached hydrogens (tertiary/aromatic N) is 3. The Labute approximate surface area is 124 Å². The maximum absolute atomic E-state index is 2.62. The van der Waals surface area contributed by atoms with Gasteiger partial charge in [-0.2, -0.15) is 0 Å². The second-order valence-electron chi connectivity index (χ2n) is 6.68. The number of rotatable bonds is 6. The Hall–Kier alpha value is 0.0743. The maximum atomic E-state index is 2.52. The van der Waals surface area contributed by atoms with Gasteiger partial charge in [-0.3, -0.25) is 0 Å². The third kappa shape index (κ3) is 2.77. The minimum atomic E-state index is -2.62. The van der Waals surface area contributed by atoms with E-state index in [1.165, 1.54) is 6.42 Å². The van der Waals surface area contributed by atoms with Crippen LogP contribution >= 0.6 is 0 Å². The summed E-state index contributed by atoms with van der Waals surface area (Å²) in [6.07, 6.45) is 10.6. The summed E-state index contributed by atoms with van der Waals surface area (Å²) < 4.78 is 7.75. The molecule has 0 unspecified atom stereocenters. The molecular formula is C15H31N3Ti. The van der Waals surface area contributed by atoms with Crippen LogP contribution in [0.5, 0.6) is 0 Å². The Morgan fingerprint density at radius 3 is 1.47 bits per heavy atom. The molecule has 1 aliphatic rings. The van der Waals surface area contributed by atoms with E-state index in [1.54, 1.807) is 0 Å². The second kappa shape index (κ2) is 6.23. The van der Waals surface area contributed by atoms with E-state index < -0.39 is 17.4 Å². The van der Waals surface area contributed by atoms with E-state index in [1.807, 2.05) is 0 Å². The molecule has 19 heavy (non-hydrogen) atoms. The molecule has 3 nitrogen and oxygen atoms in total. The van der Waals surface area contributed by atoms with Gasteiger partial charge in [0.05, 0.1) is 0 Å². The van der Waals surface area contributed by atoms with Gasteiger partial charge in [-0.15, -0.1) is 0 Å². The first kappa shape index (κ1) is 17.1. The molecule has 0 fully saturated rings. The predicted molar refractivity (Wildman–Crippen MR) is 81.5 cm³/mol. The third-order valence-corrected chi connectivity index (χ3v) is 12.8. The van der Waals surface area contributed by atoms with Crippen LogP contribution < -0.4 is 0 Å². The average molecular weight is 301 g/mol. The molecule has 0 aromatic carbocycles. The molecule has 0 radical (unpaired) electrons. The zero-order chi connectivity index (χ0) is 14.8. The zero-order valence-corrected chi connectivity index (χ0v) is 15.5. The normalized spacial score (nSPS) is 18.5. The van der Waals surface area contributed by atoms with Crippen LogP contribution in [0.2, 0.25) is 3.72 Å². The van der Waals surface area contributed by atoms with Crippen LogP contribution in [0.1, 0.15) is 20.3 Å². The van der Waals surface area contributed by atoms with Crippen molar-refractivity contribution >= 4 is 0 Å². The number of hydrogen-bond donors (Lipinski definition) is 0. The van der Waals surface area contributed by atoms with E-state index in [2.05, 4.69) is 90.6 Å². The first-order valence-electron chi connectivity index (χ1n) is 7.10. The molecule has 1 aliphatic carbocycles. The summed E-state index contributed by atoms with van der Waals surface area (Å²) in [4.78, 5) is 0. The monoisotopic (exact) mass is 301 g/mol. The molecule has 4 heteroatoms. The Morgan fingerprint density at radius 2 is 1.21 bits per heavy atom. The zero-order valence-electron chi connectivity index (χ0n) is 13.9. The van der Waals surface area contributed by atoms with Crippen LogP contribution in [0.15, 0.2) is 24.3 Å². The van der Waals surface area contributed by atoms with E-state index in [0.29, 0.717) is 5.92 Å². The van der Waals surface area contributed by atoms with E-state index >= 15 is 0 Å². The van der Waals surface area contributed by atoms with Crippen LogP contribution in [0.3, 0.4) is 0 Å². The van der Waals surface area contributed by atoms with Crippen molar-refractivity contribution in [2.45, 2.75) is 24.0 Å². The molecule has 0 aliphatic heterocycles. The third-order valence-electron chi connectivity index (χ3n) is 4.14. The molecule has 1 rings (SSSR count). The summed E-state index contributed by atoms with van der Waals surface area (Å²) in [6, 6.07) is 0. The van der Waals surface area contributed by atoms with Crippen LogP contribution in [-0.2, 0) is 17.4 Å². The fourth-order valence-corrected chi connectivity index (χ4v) is 13.8. The van der Waals surface area contributed by atoms with Crippen molar-refractivity contribution in [3.8, 4) is 0 Å². The second-order valence-corrected chi connectivity index (χ2v) is 14.3. The standard InChI is InChI=1S/C9H13.3C2H6N.Ti/c1-8(2)7-9-5-3-4-6-9;3*1-3-2;/h3-6,8H,7H2,1-2H3;3*1-2H3;/q;3*-1;+3. The fourth-order valence-electron chi connectivity index (χ4n) is 4.13. The van der Waals surface area contributed by atoms with Crippen LogP contribution in [0.4, 0.5) is 0 Å². The van der Waals surface area contributed by atoms with E-state index in [4.69, 9.17) is 0 Å². The molecule has 0 bridgehead atoms. The van der Waals surface area contributed by atoms with Crippen LogP contribution in [0.25, 0.3) is 0 Å². The van der Waals surface area contributed by atoms with E-state index in [0.717, 1.165) is 0 Å². The van der Waals surface area contributed by atoms with Crippen LogP contribution in [0, 0.1) is 5.92 Å². The molecule has 110 valence electrons. The molecule has 0 saturated heterocycles. The molecule has 0 aromatic rings. The SMILES string of the molecule is CC(C)C[C]1([Ti]([N](C)C)([N](C)C)[N](C)C)C=CC=C1. The van der Waals surface area contributed by atoms with Gasteiger partial charge in [-0.1, -0.05) is 0 Å². The summed E-state index contributed by atoms with van der Waals surface area (Å²) in [5, 5.41) is 0. The van der Waals surface area contributed by atoms with Gasteiger partial charge >= 0.3 is 124 Å². The fraction of sp³-hybridized carbons (Fsp3) is 0.733. The molecule has 0 saturated carbocycles. The van der Waals surface area contributed by atoms with Gasteiger partial charge < -0.3 is 0 Å². The average Bonchev–Trinajstić information content (AvgIpc) is 2.64. The molecular weight excluding hydrogens is 270 g/mol. The molecule has 0 aromatic heterocycles. The van der Waals surface area contributed by atoms with Crippen molar-refractivity contribution in [1.82, 2.24) is 10.1 Å². The van der Waals surface area contributed by atoms with E-state index in [9.17, 15) is 0 Å². The number of allylic oxidation sites excluding steroid dienone is 4. The topological polar surface area (TPSA) is 9.72 Å². The minimum absolute atomic E-state index is 0.199. The van der Waals surface area contributed by atoms with Gasteiger partial charge in [0.1, 0.15) is 0 Å². The Bertz CT molecular complexity index is 323. The van der Waals surface area contributed by atoms with Gasteiger partial charge in [0.25, 0.3) is 0 Å². The van der Waals surface area contributed by atoms with Gasteiger partial charge in [0.15, 0.2) is 0 Å². The summed E-state index contributed by atoms with van der Waals surface area (Å²) in [6.45, 7) is 4.66. The van der Waals surface area contributed by atoms with Gasteiger partial charge in [-0.25, -0.2) is 0 Å². The Balaban J connectivity index is 3.43. The Morgan fingerprint density at radius 1 is 0.842 bits per heavy atom. The van der Waals surface area contributed by atoms with E-state index in [-0.39, 0.29) is 3.72 Å². The van der Waals surface area contributed by atoms with Gasteiger partial charge in [0, 0.05) is 0 Å². The van der Waals surface area contributed by atoms with Crippen molar-refractivity contribution in [3.05, 3.63) is 24.3 Å². The first-order chi connectivity index (χ1) is 8.70. The quantitative estimate of drug-likeness (QED) is 0.699. The molecule has 0 heterocycles. The first-order valence-corrected chi connectivity index (χ1v) is 9.97. The predicted octanol–water partition coefficient (Wildman–Crippen LogP) is 2.90. The molecule has 0 spiro atoms. The summed E-state index contributed by atoms with van der Waals surface area (Å²) in [5.41, 5.74) is 0. The molecule has 0 atom stereocenters. The summed E-state index contributed by atoms with van der Waals surface area (Å²) in [7, 11) is 13.5. The van der Waals surface area contributed by atoms with Crippen molar-refractivity contribution < 1.29 is 17.4 Å². The Kier molecular flexibility index (Phi) is 5.62. The summed E-state index contributed by atoms with van der Waals surface area (Å²) in [5.74, 6) is 0.692. The summed E-state index contributed by atoms with van der Waals surface area (Å²) >= 11 is -2.62. The molecule has 0 N–H and O–H groups in total. The van der Waals surface area contributed by atoms with Gasteiger partial charge in [0.2, 0.25) is 0 Å². The molecule has 0 amide bonds. The van der Waals surface area contributed by atoms with Crippen molar-refractivity contribution in [1.29, 1.82) is 0 Å². The number of hydrogen-bond acceptors (Lipinski definition) is 3. The van der Waals surface area contributed by atoms with Crippen molar-refractivity contribution in [3.63, 3.8) is 0 Å². The van der Waals surface area contributed by atoms with Crippen LogP contribution in [-0.4, -0.2) is 52.4 Å². The van der Waals surface area contributed by atoms with Gasteiger partial charge in [-0.05, 0) is 0 Å². The van der Waals surface area contributed by atoms with Crippen molar-refractivity contribution in [2.75, 3.05) is 42.3 Å². The van der Waals surface area contributed by atoms with Crippen molar-refractivity contribution in [2.24, 2.45) is 5.92 Å².